The van der Waals surface area contributed by atoms with Crippen LogP contribution in [0.25, 0.3) is 16.6 Å². The van der Waals surface area contributed by atoms with Gasteiger partial charge in [0, 0.05) is 67.4 Å². The van der Waals surface area contributed by atoms with Gasteiger partial charge in [0.2, 0.25) is 0 Å². The molecule has 9 heteroatoms. The van der Waals surface area contributed by atoms with Crippen molar-refractivity contribution >= 4 is 34.3 Å². The first-order valence-corrected chi connectivity index (χ1v) is 10.2. The summed E-state index contributed by atoms with van der Waals surface area (Å²) in [5.41, 5.74) is 9.73. The van der Waals surface area contributed by atoms with E-state index in [9.17, 15) is 0 Å². The second-order valence-electron chi connectivity index (χ2n) is 7.13. The van der Waals surface area contributed by atoms with Gasteiger partial charge in [0.15, 0.2) is 0 Å². The molecule has 0 saturated carbocycles. The van der Waals surface area contributed by atoms with Crippen molar-refractivity contribution in [3.05, 3.63) is 72.6 Å². The van der Waals surface area contributed by atoms with Gasteiger partial charge in [0.05, 0.1) is 37.5 Å². The van der Waals surface area contributed by atoms with Gasteiger partial charge in [0.25, 0.3) is 0 Å². The van der Waals surface area contributed by atoms with Crippen LogP contribution in [0.15, 0.2) is 66.2 Å². The average molecular weight is 444 g/mol. The van der Waals surface area contributed by atoms with Gasteiger partial charge in [-0.05, 0) is 18.2 Å². The van der Waals surface area contributed by atoms with E-state index in [1.165, 1.54) is 6.20 Å². The molecule has 4 rings (SSSR count). The number of nitrogens with zero attached hydrogens (tertiary/aromatic N) is 5. The van der Waals surface area contributed by atoms with E-state index in [0.717, 1.165) is 39.5 Å². The summed E-state index contributed by atoms with van der Waals surface area (Å²) in [6.07, 6.45) is 8.47. The number of benzene rings is 1. The van der Waals surface area contributed by atoms with Gasteiger partial charge in [-0.1, -0.05) is 0 Å². The number of nitrogens with two attached hydrogens (primary N) is 1. The number of methoxy groups -OCH3 is 2. The summed E-state index contributed by atoms with van der Waals surface area (Å²) in [6, 6.07) is 11.5. The number of nitrogens with one attached hydrogen (secondary N) is 1. The van der Waals surface area contributed by atoms with Gasteiger partial charge in [-0.25, -0.2) is 9.97 Å². The second kappa shape index (κ2) is 9.82. The Bertz CT molecular complexity index is 1280. The number of anilines is 2. The smallest absolute Gasteiger partial charge is 0.134 e. The highest BCUT2D eigenvalue weighted by molar-refractivity contribution is 6.10. The zero-order chi connectivity index (χ0) is 23.2. The van der Waals surface area contributed by atoms with Crippen LogP contribution >= 0.6 is 0 Å². The van der Waals surface area contributed by atoms with Crippen LogP contribution in [-0.4, -0.2) is 47.4 Å². The van der Waals surface area contributed by atoms with E-state index >= 15 is 0 Å². The maximum Gasteiger partial charge on any atom is 0.134 e. The third kappa shape index (κ3) is 4.77. The lowest BCUT2D eigenvalue weighted by Crippen LogP contribution is -2.19. The van der Waals surface area contributed by atoms with Crippen molar-refractivity contribution in [3.8, 4) is 11.5 Å². The molecular formula is C24H25N7O2. The fourth-order valence-corrected chi connectivity index (χ4v) is 3.44. The fourth-order valence-electron chi connectivity index (χ4n) is 3.44. The Morgan fingerprint density at radius 3 is 2.52 bits per heavy atom. The number of imidazole rings is 1. The van der Waals surface area contributed by atoms with E-state index in [2.05, 4.69) is 19.9 Å². The van der Waals surface area contributed by atoms with Gasteiger partial charge in [-0.15, -0.1) is 0 Å². The lowest BCUT2D eigenvalue weighted by atomic mass is 10.1. The minimum Gasteiger partial charge on any atom is -0.497 e. The standard InChI is InChI=1S/C24H25N7O2/c1-26-13-17(12-25)16-8-22-21(29-14-16)4-5-24(30-22)31(15-23-27-6-7-28-23)18-9-19(32-2)11-20(10-18)33-3/h4-14H,15,25H2,1-3H3,(H,27,28). The molecular weight excluding hydrogens is 418 g/mol. The largest absolute Gasteiger partial charge is 0.497 e. The third-order valence-corrected chi connectivity index (χ3v) is 5.09. The number of allylic oxidation sites excluding steroid dienone is 1. The fraction of sp³-hybridized carbons (Fsp3) is 0.167. The Balaban J connectivity index is 1.83. The van der Waals surface area contributed by atoms with Crippen LogP contribution in [0.2, 0.25) is 0 Å². The van der Waals surface area contributed by atoms with E-state index < -0.39 is 0 Å². The molecule has 0 saturated heterocycles. The van der Waals surface area contributed by atoms with Crippen molar-refractivity contribution in [1.29, 1.82) is 0 Å². The maximum absolute atomic E-state index is 5.78. The summed E-state index contributed by atoms with van der Waals surface area (Å²) in [5, 5.41) is 0. The molecule has 0 aliphatic carbocycles. The maximum atomic E-state index is 5.78. The SMILES string of the molecule is CN=CC(=CN)c1cnc2ccc(N(Cc3ncc[nH]3)c3cc(OC)cc(OC)c3)nc2c1. The van der Waals surface area contributed by atoms with Crippen molar-refractivity contribution in [3.63, 3.8) is 0 Å². The van der Waals surface area contributed by atoms with Gasteiger partial charge in [0.1, 0.15) is 23.1 Å². The molecule has 1 aromatic carbocycles. The molecule has 4 aromatic rings. The molecule has 168 valence electrons. The molecule has 33 heavy (non-hydrogen) atoms. The summed E-state index contributed by atoms with van der Waals surface area (Å²) >= 11 is 0. The van der Waals surface area contributed by atoms with Crippen molar-refractivity contribution in [2.45, 2.75) is 6.54 Å². The number of hydrogen-bond acceptors (Lipinski definition) is 8. The predicted molar refractivity (Wildman–Crippen MR) is 130 cm³/mol. The van der Waals surface area contributed by atoms with Crippen LogP contribution in [0.1, 0.15) is 11.4 Å². The normalized spacial score (nSPS) is 11.8. The summed E-state index contributed by atoms with van der Waals surface area (Å²) in [7, 11) is 4.95. The molecule has 0 fully saturated rings. The summed E-state index contributed by atoms with van der Waals surface area (Å²) < 4.78 is 11.0. The molecule has 9 nitrogen and oxygen atoms in total. The van der Waals surface area contributed by atoms with E-state index in [1.807, 2.05) is 41.3 Å². The van der Waals surface area contributed by atoms with Gasteiger partial charge in [-0.2, -0.15) is 0 Å². The van der Waals surface area contributed by atoms with Crippen LogP contribution in [0, 0.1) is 0 Å². The third-order valence-electron chi connectivity index (χ3n) is 5.09. The molecule has 3 aromatic heterocycles. The Kier molecular flexibility index (Phi) is 6.49. The molecule has 0 unspecified atom stereocenters. The topological polar surface area (TPSA) is 115 Å². The number of H-pyrrole nitrogens is 1. The lowest BCUT2D eigenvalue weighted by Gasteiger charge is -2.24. The number of aromatic nitrogens is 4. The number of pyridine rings is 2. The van der Waals surface area contributed by atoms with Crippen LogP contribution in [0.3, 0.4) is 0 Å². The number of ether oxygens (including phenoxy) is 2. The molecule has 0 atom stereocenters. The van der Waals surface area contributed by atoms with Crippen LogP contribution in [0.5, 0.6) is 11.5 Å². The quantitative estimate of drug-likeness (QED) is 0.399. The molecule has 0 radical (unpaired) electrons. The predicted octanol–water partition coefficient (Wildman–Crippen LogP) is 3.71. The van der Waals surface area contributed by atoms with Crippen molar-refractivity contribution in [2.75, 3.05) is 26.2 Å². The molecule has 0 bridgehead atoms. The Hall–Kier alpha value is -4.40. The van der Waals surface area contributed by atoms with E-state index in [-0.39, 0.29) is 0 Å². The summed E-state index contributed by atoms with van der Waals surface area (Å²) in [4.78, 5) is 23.1. The molecule has 3 heterocycles. The zero-order valence-electron chi connectivity index (χ0n) is 18.7. The highest BCUT2D eigenvalue weighted by atomic mass is 16.5. The molecule has 0 spiro atoms. The summed E-state index contributed by atoms with van der Waals surface area (Å²) in [5.74, 6) is 2.86. The number of fused-ring (bicyclic) bond motifs is 1. The first kappa shape index (κ1) is 21.8. The van der Waals surface area contributed by atoms with Crippen molar-refractivity contribution in [2.24, 2.45) is 10.7 Å². The van der Waals surface area contributed by atoms with E-state index in [1.54, 1.807) is 46.1 Å². The van der Waals surface area contributed by atoms with Crippen molar-refractivity contribution in [1.82, 2.24) is 19.9 Å². The van der Waals surface area contributed by atoms with Crippen LogP contribution in [0.4, 0.5) is 11.5 Å². The second-order valence-corrected chi connectivity index (χ2v) is 7.13. The molecule has 3 N–H and O–H groups in total. The van der Waals surface area contributed by atoms with Crippen LogP contribution < -0.4 is 20.1 Å². The Labute approximate surface area is 191 Å². The molecule has 0 aliphatic heterocycles. The summed E-state index contributed by atoms with van der Waals surface area (Å²) in [6.45, 7) is 0.464. The number of rotatable bonds is 8. The Morgan fingerprint density at radius 2 is 1.88 bits per heavy atom. The highest BCUT2D eigenvalue weighted by Gasteiger charge is 2.16. The molecule has 0 amide bonds. The number of aliphatic imine (C=N–C) groups is 1. The minimum atomic E-state index is 0.464. The van der Waals surface area contributed by atoms with E-state index in [0.29, 0.717) is 18.0 Å². The zero-order valence-corrected chi connectivity index (χ0v) is 18.7. The first-order chi connectivity index (χ1) is 16.1. The number of aromatic amines is 1. The Morgan fingerprint density at radius 1 is 1.09 bits per heavy atom. The van der Waals surface area contributed by atoms with Gasteiger partial charge in [-0.3, -0.25) is 9.98 Å². The monoisotopic (exact) mass is 443 g/mol. The first-order valence-electron chi connectivity index (χ1n) is 10.2. The average Bonchev–Trinajstić information content (AvgIpc) is 3.38. The minimum absolute atomic E-state index is 0.464. The van der Waals surface area contributed by atoms with Crippen molar-refractivity contribution < 1.29 is 9.47 Å². The van der Waals surface area contributed by atoms with Gasteiger partial charge >= 0.3 is 0 Å². The highest BCUT2D eigenvalue weighted by Crippen LogP contribution is 2.33. The lowest BCUT2D eigenvalue weighted by molar-refractivity contribution is 0.394. The number of hydrogen-bond donors (Lipinski definition) is 2. The van der Waals surface area contributed by atoms with Gasteiger partial charge < -0.3 is 25.1 Å². The van der Waals surface area contributed by atoms with Crippen LogP contribution in [-0.2, 0) is 6.54 Å². The molecule has 0 aliphatic rings. The van der Waals surface area contributed by atoms with E-state index in [4.69, 9.17) is 20.2 Å².